The van der Waals surface area contributed by atoms with Gasteiger partial charge < -0.3 is 25.3 Å². The van der Waals surface area contributed by atoms with Gasteiger partial charge in [-0.3, -0.25) is 4.79 Å². The van der Waals surface area contributed by atoms with E-state index in [2.05, 4.69) is 11.4 Å². The van der Waals surface area contributed by atoms with Gasteiger partial charge >= 0.3 is 6.03 Å². The lowest BCUT2D eigenvalue weighted by atomic mass is 9.99. The van der Waals surface area contributed by atoms with E-state index in [1.807, 2.05) is 0 Å². The molecule has 3 N–H and O–H groups in total. The number of hydrogen-bond acceptors (Lipinski definition) is 4. The normalized spacial score (nSPS) is 16.6. The summed E-state index contributed by atoms with van der Waals surface area (Å²) in [5, 5.41) is 12.8. The molecule has 0 saturated carbocycles. The highest BCUT2D eigenvalue weighted by atomic mass is 19.1. The van der Waals surface area contributed by atoms with Crippen LogP contribution in [0.5, 0.6) is 0 Å². The van der Waals surface area contributed by atoms with Gasteiger partial charge in [0, 0.05) is 37.9 Å². The quantitative estimate of drug-likeness (QED) is 0.804. The number of fused-ring (bicyclic) bond motifs is 1. The van der Waals surface area contributed by atoms with Crippen molar-refractivity contribution in [2.45, 2.75) is 32.0 Å². The Kier molecular flexibility index (Phi) is 5.42. The highest BCUT2D eigenvalue weighted by molar-refractivity contribution is 6.03. The van der Waals surface area contributed by atoms with Crippen molar-refractivity contribution in [1.29, 1.82) is 5.26 Å². The van der Waals surface area contributed by atoms with Crippen LogP contribution in [0.3, 0.4) is 0 Å². The second-order valence-corrected chi connectivity index (χ2v) is 7.44. The molecule has 0 spiro atoms. The van der Waals surface area contributed by atoms with Crippen molar-refractivity contribution >= 4 is 11.9 Å². The number of ether oxygens (including phenoxy) is 1. The third kappa shape index (κ3) is 3.62. The Morgan fingerprint density at radius 1 is 1.27 bits per heavy atom. The van der Waals surface area contributed by atoms with Crippen LogP contribution in [0.4, 0.5) is 9.18 Å². The summed E-state index contributed by atoms with van der Waals surface area (Å²) < 4.78 is 20.8. The molecular formula is C21H22FN5O3. The van der Waals surface area contributed by atoms with Crippen LogP contribution in [0.2, 0.25) is 0 Å². The standard InChI is InChI=1S/C21H22FN5O3/c22-14-3-1-2-13(10-14)18-16(11-23)27-7-6-26(12-17(27)19(18)20(24)28)21(29)25-15-4-8-30-9-5-15/h1-3,10,15H,4-9,12H2,(H2,24,28)(H,25,29). The molecule has 156 valence electrons. The van der Waals surface area contributed by atoms with Crippen molar-refractivity contribution in [1.82, 2.24) is 14.8 Å². The second kappa shape index (κ2) is 8.16. The highest BCUT2D eigenvalue weighted by Gasteiger charge is 2.32. The van der Waals surface area contributed by atoms with Crippen LogP contribution in [0, 0.1) is 17.1 Å². The van der Waals surface area contributed by atoms with Gasteiger partial charge in [-0.05, 0) is 30.5 Å². The third-order valence-electron chi connectivity index (χ3n) is 5.61. The fourth-order valence-corrected chi connectivity index (χ4v) is 4.15. The van der Waals surface area contributed by atoms with Gasteiger partial charge in [-0.1, -0.05) is 12.1 Å². The lowest BCUT2D eigenvalue weighted by Gasteiger charge is -2.32. The Labute approximate surface area is 173 Å². The molecule has 0 atom stereocenters. The molecule has 30 heavy (non-hydrogen) atoms. The summed E-state index contributed by atoms with van der Waals surface area (Å²) in [5.74, 6) is -1.19. The van der Waals surface area contributed by atoms with Crippen molar-refractivity contribution in [2.24, 2.45) is 5.73 Å². The zero-order valence-corrected chi connectivity index (χ0v) is 16.4. The maximum absolute atomic E-state index is 13.8. The average molecular weight is 411 g/mol. The molecule has 2 aliphatic rings. The molecule has 0 radical (unpaired) electrons. The van der Waals surface area contributed by atoms with Crippen LogP contribution in [-0.2, 0) is 17.8 Å². The summed E-state index contributed by atoms with van der Waals surface area (Å²) in [4.78, 5) is 26.7. The van der Waals surface area contributed by atoms with Crippen LogP contribution in [0.1, 0.15) is 34.6 Å². The van der Waals surface area contributed by atoms with Gasteiger partial charge in [0.2, 0.25) is 0 Å². The van der Waals surface area contributed by atoms with Gasteiger partial charge in [0.05, 0.1) is 17.8 Å². The molecule has 1 saturated heterocycles. The first-order valence-corrected chi connectivity index (χ1v) is 9.84. The minimum absolute atomic E-state index is 0.0492. The van der Waals surface area contributed by atoms with Crippen LogP contribution in [-0.4, -0.2) is 47.2 Å². The Balaban J connectivity index is 1.69. The number of primary amides is 1. The predicted octanol–water partition coefficient (Wildman–Crippen LogP) is 1.97. The molecule has 1 fully saturated rings. The largest absolute Gasteiger partial charge is 0.381 e. The molecule has 3 amide bonds. The number of nitrogens with zero attached hydrogens (tertiary/aromatic N) is 3. The fourth-order valence-electron chi connectivity index (χ4n) is 4.15. The average Bonchev–Trinajstić information content (AvgIpc) is 3.08. The van der Waals surface area contributed by atoms with E-state index in [1.54, 1.807) is 15.5 Å². The molecule has 1 aromatic carbocycles. The van der Waals surface area contributed by atoms with E-state index < -0.39 is 11.7 Å². The number of hydrogen-bond donors (Lipinski definition) is 2. The zero-order chi connectivity index (χ0) is 21.3. The van der Waals surface area contributed by atoms with Gasteiger partial charge in [-0.25, -0.2) is 9.18 Å². The number of amides is 3. The number of aromatic nitrogens is 1. The number of rotatable bonds is 3. The molecule has 9 heteroatoms. The van der Waals surface area contributed by atoms with E-state index in [9.17, 15) is 19.2 Å². The smallest absolute Gasteiger partial charge is 0.318 e. The summed E-state index contributed by atoms with van der Waals surface area (Å²) in [7, 11) is 0. The minimum atomic E-state index is -0.716. The molecule has 2 aliphatic heterocycles. The first-order chi connectivity index (χ1) is 14.5. The lowest BCUT2D eigenvalue weighted by molar-refractivity contribution is 0.0774. The van der Waals surface area contributed by atoms with Crippen LogP contribution < -0.4 is 11.1 Å². The minimum Gasteiger partial charge on any atom is -0.381 e. The number of carbonyl (C=O) groups is 2. The summed E-state index contributed by atoms with van der Waals surface area (Å²) in [6, 6.07) is 7.65. The number of nitrogens with one attached hydrogen (secondary N) is 1. The van der Waals surface area contributed by atoms with Crippen LogP contribution in [0.25, 0.3) is 11.1 Å². The van der Waals surface area contributed by atoms with Gasteiger partial charge in [0.1, 0.15) is 17.6 Å². The van der Waals surface area contributed by atoms with E-state index >= 15 is 0 Å². The van der Waals surface area contributed by atoms with Gasteiger partial charge in [0.15, 0.2) is 0 Å². The second-order valence-electron chi connectivity index (χ2n) is 7.44. The zero-order valence-electron chi connectivity index (χ0n) is 16.4. The Hall–Kier alpha value is -3.38. The summed E-state index contributed by atoms with van der Waals surface area (Å²) in [5.41, 5.74) is 7.27. The SMILES string of the molecule is N#Cc1c(-c2cccc(F)c2)c(C(N)=O)c2n1CCN(C(=O)NC1CCOCC1)C2. The molecule has 4 rings (SSSR count). The predicted molar refractivity (Wildman–Crippen MR) is 106 cm³/mol. The van der Waals surface area contributed by atoms with E-state index in [1.165, 1.54) is 18.2 Å². The first kappa shape index (κ1) is 19.9. The van der Waals surface area contributed by atoms with Crippen LogP contribution in [0.15, 0.2) is 24.3 Å². The molecule has 0 bridgehead atoms. The van der Waals surface area contributed by atoms with Crippen LogP contribution >= 0.6 is 0 Å². The maximum atomic E-state index is 13.8. The van der Waals surface area contributed by atoms with Crippen molar-refractivity contribution in [3.8, 4) is 17.2 Å². The summed E-state index contributed by atoms with van der Waals surface area (Å²) >= 11 is 0. The molecule has 2 aromatic rings. The topological polar surface area (TPSA) is 113 Å². The van der Waals surface area contributed by atoms with Gasteiger partial charge in [-0.2, -0.15) is 5.26 Å². The van der Waals surface area contributed by atoms with Crippen molar-refractivity contribution in [3.63, 3.8) is 0 Å². The number of nitriles is 1. The third-order valence-corrected chi connectivity index (χ3v) is 5.61. The van der Waals surface area contributed by atoms with E-state index in [0.717, 1.165) is 12.8 Å². The maximum Gasteiger partial charge on any atom is 0.318 e. The highest BCUT2D eigenvalue weighted by Crippen LogP contribution is 2.35. The number of nitrogens with two attached hydrogens (primary N) is 1. The molecule has 1 aromatic heterocycles. The van der Waals surface area contributed by atoms with Crippen molar-refractivity contribution < 1.29 is 18.7 Å². The van der Waals surface area contributed by atoms with Gasteiger partial charge in [-0.15, -0.1) is 0 Å². The number of urea groups is 1. The molecule has 3 heterocycles. The summed E-state index contributed by atoms with van der Waals surface area (Å²) in [6.45, 7) is 2.09. The van der Waals surface area contributed by atoms with E-state index in [0.29, 0.717) is 43.1 Å². The number of halogens is 1. The molecule has 8 nitrogen and oxygen atoms in total. The van der Waals surface area contributed by atoms with Gasteiger partial charge in [0.25, 0.3) is 5.91 Å². The molecule has 0 aliphatic carbocycles. The number of benzene rings is 1. The summed E-state index contributed by atoms with van der Waals surface area (Å²) in [6.07, 6.45) is 1.51. The lowest BCUT2D eigenvalue weighted by Crippen LogP contribution is -2.49. The first-order valence-electron chi connectivity index (χ1n) is 9.84. The van der Waals surface area contributed by atoms with Crippen molar-refractivity contribution in [2.75, 3.05) is 19.8 Å². The van der Waals surface area contributed by atoms with E-state index in [-0.39, 0.29) is 29.9 Å². The Morgan fingerprint density at radius 2 is 2.03 bits per heavy atom. The fraction of sp³-hybridized carbons (Fsp3) is 0.381. The molecular weight excluding hydrogens is 389 g/mol. The molecule has 0 unspecified atom stereocenters. The number of carbonyl (C=O) groups excluding carboxylic acids is 2. The van der Waals surface area contributed by atoms with E-state index in [4.69, 9.17) is 10.5 Å². The van der Waals surface area contributed by atoms with Crippen molar-refractivity contribution in [3.05, 3.63) is 47.0 Å². The Bertz CT molecular complexity index is 1040. The monoisotopic (exact) mass is 411 g/mol. The Morgan fingerprint density at radius 3 is 2.70 bits per heavy atom.